The van der Waals surface area contributed by atoms with Gasteiger partial charge >= 0.3 is 0 Å². The molecule has 27 heavy (non-hydrogen) atoms. The van der Waals surface area contributed by atoms with Crippen LogP contribution in [0, 0.1) is 0 Å². The number of nitrogens with zero attached hydrogens (tertiary/aromatic N) is 1. The second kappa shape index (κ2) is 7.39. The van der Waals surface area contributed by atoms with Crippen LogP contribution in [0.15, 0.2) is 79.0 Å². The molecule has 3 aromatic carbocycles. The molecule has 4 aromatic rings. The zero-order valence-electron chi connectivity index (χ0n) is 14.1. The molecular weight excluding hydrogens is 379 g/mol. The van der Waals surface area contributed by atoms with E-state index in [2.05, 4.69) is 10.3 Å². The SMILES string of the molecule is O=C(Nc1ccc(Cl)c(-c2nccc3ccccc23)c1)c1ccccc1Cl. The van der Waals surface area contributed by atoms with Crippen LogP contribution in [0.2, 0.25) is 10.0 Å². The van der Waals surface area contributed by atoms with E-state index >= 15 is 0 Å². The van der Waals surface area contributed by atoms with Crippen molar-refractivity contribution in [3.8, 4) is 11.3 Å². The van der Waals surface area contributed by atoms with Crippen molar-refractivity contribution in [1.82, 2.24) is 4.98 Å². The average molecular weight is 393 g/mol. The summed E-state index contributed by atoms with van der Waals surface area (Å²) in [5, 5.41) is 5.91. The number of aromatic nitrogens is 1. The zero-order chi connectivity index (χ0) is 18.8. The van der Waals surface area contributed by atoms with E-state index < -0.39 is 0 Å². The van der Waals surface area contributed by atoms with Crippen LogP contribution in [0.3, 0.4) is 0 Å². The number of nitrogens with one attached hydrogen (secondary N) is 1. The third kappa shape index (κ3) is 3.52. The van der Waals surface area contributed by atoms with E-state index in [1.54, 1.807) is 42.6 Å². The maximum atomic E-state index is 12.5. The highest BCUT2D eigenvalue weighted by molar-refractivity contribution is 6.35. The summed E-state index contributed by atoms with van der Waals surface area (Å²) in [5.74, 6) is -0.278. The summed E-state index contributed by atoms with van der Waals surface area (Å²) in [7, 11) is 0. The molecule has 0 aliphatic carbocycles. The van der Waals surface area contributed by atoms with E-state index in [1.807, 2.05) is 36.4 Å². The van der Waals surface area contributed by atoms with Gasteiger partial charge in [-0.1, -0.05) is 59.6 Å². The number of benzene rings is 3. The summed E-state index contributed by atoms with van der Waals surface area (Å²) in [6, 6.07) is 22.2. The van der Waals surface area contributed by atoms with E-state index in [0.717, 1.165) is 22.0 Å². The van der Waals surface area contributed by atoms with Crippen LogP contribution < -0.4 is 5.32 Å². The summed E-state index contributed by atoms with van der Waals surface area (Å²) in [6.45, 7) is 0. The third-order valence-corrected chi connectivity index (χ3v) is 4.93. The number of pyridine rings is 1. The van der Waals surface area contributed by atoms with Gasteiger partial charge in [0.2, 0.25) is 0 Å². The van der Waals surface area contributed by atoms with Gasteiger partial charge in [0.1, 0.15) is 0 Å². The number of hydrogen-bond donors (Lipinski definition) is 1. The Bertz CT molecular complexity index is 1150. The first-order chi connectivity index (χ1) is 13.1. The molecule has 0 unspecified atom stereocenters. The fourth-order valence-electron chi connectivity index (χ4n) is 2.96. The zero-order valence-corrected chi connectivity index (χ0v) is 15.6. The van der Waals surface area contributed by atoms with Gasteiger partial charge in [0, 0.05) is 22.8 Å². The number of rotatable bonds is 3. The Morgan fingerprint density at radius 3 is 2.48 bits per heavy atom. The van der Waals surface area contributed by atoms with Gasteiger partial charge in [-0.2, -0.15) is 0 Å². The number of amides is 1. The fraction of sp³-hybridized carbons (Fsp3) is 0. The first kappa shape index (κ1) is 17.5. The summed E-state index contributed by atoms with van der Waals surface area (Å²) in [6.07, 6.45) is 1.75. The van der Waals surface area contributed by atoms with Crippen LogP contribution in [0.25, 0.3) is 22.0 Å². The fourth-order valence-corrected chi connectivity index (χ4v) is 3.39. The monoisotopic (exact) mass is 392 g/mol. The number of halogens is 2. The Morgan fingerprint density at radius 1 is 0.852 bits per heavy atom. The molecule has 0 aliphatic heterocycles. The number of fused-ring (bicyclic) bond motifs is 1. The minimum absolute atomic E-state index is 0.278. The average Bonchev–Trinajstić information content (AvgIpc) is 2.69. The van der Waals surface area contributed by atoms with Crippen molar-refractivity contribution in [3.63, 3.8) is 0 Å². The molecule has 0 radical (unpaired) electrons. The van der Waals surface area contributed by atoms with Crippen molar-refractivity contribution in [1.29, 1.82) is 0 Å². The van der Waals surface area contributed by atoms with Gasteiger partial charge in [0.25, 0.3) is 5.91 Å². The molecular formula is C22H14Cl2N2O. The van der Waals surface area contributed by atoms with Crippen molar-refractivity contribution < 1.29 is 4.79 Å². The molecule has 0 saturated heterocycles. The van der Waals surface area contributed by atoms with Crippen LogP contribution in [0.4, 0.5) is 5.69 Å². The Kier molecular flexibility index (Phi) is 4.80. The summed E-state index contributed by atoms with van der Waals surface area (Å²) < 4.78 is 0. The van der Waals surface area contributed by atoms with Crippen LogP contribution in [-0.2, 0) is 0 Å². The second-order valence-electron chi connectivity index (χ2n) is 6.01. The van der Waals surface area contributed by atoms with Crippen molar-refractivity contribution in [2.75, 3.05) is 5.32 Å². The maximum Gasteiger partial charge on any atom is 0.257 e. The molecule has 1 aromatic heterocycles. The van der Waals surface area contributed by atoms with Crippen molar-refractivity contribution >= 4 is 45.6 Å². The van der Waals surface area contributed by atoms with Crippen LogP contribution in [0.5, 0.6) is 0 Å². The van der Waals surface area contributed by atoms with E-state index in [4.69, 9.17) is 23.2 Å². The largest absolute Gasteiger partial charge is 0.322 e. The molecule has 0 aliphatic rings. The molecule has 5 heteroatoms. The molecule has 1 N–H and O–H groups in total. The second-order valence-corrected chi connectivity index (χ2v) is 6.82. The summed E-state index contributed by atoms with van der Waals surface area (Å²) >= 11 is 12.5. The number of hydrogen-bond acceptors (Lipinski definition) is 2. The van der Waals surface area contributed by atoms with E-state index in [0.29, 0.717) is 21.3 Å². The molecule has 1 amide bonds. The van der Waals surface area contributed by atoms with Gasteiger partial charge in [-0.05, 0) is 41.8 Å². The van der Waals surface area contributed by atoms with Crippen LogP contribution in [0.1, 0.15) is 10.4 Å². The smallest absolute Gasteiger partial charge is 0.257 e. The number of anilines is 1. The summed E-state index contributed by atoms with van der Waals surface area (Å²) in [5.41, 5.74) is 2.56. The quantitative estimate of drug-likeness (QED) is 0.434. The van der Waals surface area contributed by atoms with Gasteiger partial charge < -0.3 is 5.32 Å². The standard InChI is InChI=1S/C22H14Cl2N2O/c23-19-8-4-3-7-17(19)22(27)26-15-9-10-20(24)18(13-15)21-16-6-2-1-5-14(16)11-12-25-21/h1-13H,(H,26,27). The first-order valence-corrected chi connectivity index (χ1v) is 9.08. The van der Waals surface area contributed by atoms with E-state index in [9.17, 15) is 4.79 Å². The van der Waals surface area contributed by atoms with E-state index in [-0.39, 0.29) is 5.91 Å². The Hall–Kier alpha value is -2.88. The van der Waals surface area contributed by atoms with Gasteiger partial charge in [-0.25, -0.2) is 0 Å². The molecule has 4 rings (SSSR count). The number of carbonyl (C=O) groups excluding carboxylic acids is 1. The number of carbonyl (C=O) groups is 1. The van der Waals surface area contributed by atoms with Gasteiger partial charge in [0.05, 0.1) is 21.3 Å². The molecule has 0 spiro atoms. The van der Waals surface area contributed by atoms with Crippen molar-refractivity contribution in [2.24, 2.45) is 0 Å². The minimum Gasteiger partial charge on any atom is -0.322 e. The molecule has 0 saturated carbocycles. The molecule has 1 heterocycles. The molecule has 0 bridgehead atoms. The van der Waals surface area contributed by atoms with E-state index in [1.165, 1.54) is 0 Å². The normalized spacial score (nSPS) is 10.7. The highest BCUT2D eigenvalue weighted by atomic mass is 35.5. The highest BCUT2D eigenvalue weighted by Gasteiger charge is 2.13. The summed E-state index contributed by atoms with van der Waals surface area (Å²) in [4.78, 5) is 17.0. The predicted molar refractivity (Wildman–Crippen MR) is 112 cm³/mol. The first-order valence-electron chi connectivity index (χ1n) is 8.33. The van der Waals surface area contributed by atoms with Gasteiger partial charge in [0.15, 0.2) is 0 Å². The third-order valence-electron chi connectivity index (χ3n) is 4.27. The molecule has 3 nitrogen and oxygen atoms in total. The topological polar surface area (TPSA) is 42.0 Å². The Morgan fingerprint density at radius 2 is 1.63 bits per heavy atom. The highest BCUT2D eigenvalue weighted by Crippen LogP contribution is 2.34. The molecule has 0 atom stereocenters. The van der Waals surface area contributed by atoms with Crippen molar-refractivity contribution in [2.45, 2.75) is 0 Å². The molecule has 132 valence electrons. The Labute approximate surface area is 166 Å². The minimum atomic E-state index is -0.278. The lowest BCUT2D eigenvalue weighted by molar-refractivity contribution is 0.102. The van der Waals surface area contributed by atoms with Crippen molar-refractivity contribution in [3.05, 3.63) is 94.6 Å². The van der Waals surface area contributed by atoms with Crippen LogP contribution in [-0.4, -0.2) is 10.9 Å². The van der Waals surface area contributed by atoms with Gasteiger partial charge in [-0.3, -0.25) is 9.78 Å². The predicted octanol–water partition coefficient (Wildman–Crippen LogP) is 6.46. The van der Waals surface area contributed by atoms with Crippen LogP contribution >= 0.6 is 23.2 Å². The Balaban J connectivity index is 1.74. The lowest BCUT2D eigenvalue weighted by Crippen LogP contribution is -2.12. The lowest BCUT2D eigenvalue weighted by atomic mass is 10.0. The lowest BCUT2D eigenvalue weighted by Gasteiger charge is -2.11. The molecule has 0 fully saturated rings. The maximum absolute atomic E-state index is 12.5. The van der Waals surface area contributed by atoms with Gasteiger partial charge in [-0.15, -0.1) is 0 Å².